The first-order valence-electron chi connectivity index (χ1n) is 7.00. The van der Waals surface area contributed by atoms with Gasteiger partial charge in [-0.15, -0.1) is 0 Å². The minimum atomic E-state index is -4.51. The van der Waals surface area contributed by atoms with E-state index in [9.17, 15) is 13.2 Å². The molecule has 1 aliphatic heterocycles. The number of nitrogens with zero attached hydrogens (tertiary/aromatic N) is 2. The van der Waals surface area contributed by atoms with Crippen molar-refractivity contribution in [3.05, 3.63) is 48.4 Å². The molecule has 0 radical (unpaired) electrons. The standard InChI is InChI=1S/C16H10F3N3O2/c17-16(18,19)13-3-1-2-10(22-13)15-14(20-7-21-15)9-4-5-11-12(6-9)24-8-23-11/h1-7H,8H2,(H,20,21). The molecule has 3 aromatic rings. The number of hydrogen-bond acceptors (Lipinski definition) is 4. The van der Waals surface area contributed by atoms with E-state index >= 15 is 0 Å². The average molecular weight is 333 g/mol. The lowest BCUT2D eigenvalue weighted by molar-refractivity contribution is -0.141. The Morgan fingerprint density at radius 1 is 1.04 bits per heavy atom. The monoisotopic (exact) mass is 333 g/mol. The van der Waals surface area contributed by atoms with Crippen LogP contribution in [0.2, 0.25) is 0 Å². The number of rotatable bonds is 2. The lowest BCUT2D eigenvalue weighted by Gasteiger charge is -2.08. The van der Waals surface area contributed by atoms with Gasteiger partial charge in [0.15, 0.2) is 11.5 Å². The molecule has 0 spiro atoms. The van der Waals surface area contributed by atoms with Crippen LogP contribution in [0.4, 0.5) is 13.2 Å². The Labute approximate surface area is 134 Å². The molecule has 0 bridgehead atoms. The largest absolute Gasteiger partial charge is 0.454 e. The lowest BCUT2D eigenvalue weighted by atomic mass is 10.1. The van der Waals surface area contributed by atoms with Gasteiger partial charge in [0.05, 0.1) is 23.4 Å². The highest BCUT2D eigenvalue weighted by atomic mass is 19.4. The number of ether oxygens (including phenoxy) is 2. The molecule has 2 aromatic heterocycles. The third-order valence-corrected chi connectivity index (χ3v) is 3.58. The summed E-state index contributed by atoms with van der Waals surface area (Å²) in [6.07, 6.45) is -3.09. The second-order valence-corrected chi connectivity index (χ2v) is 5.10. The van der Waals surface area contributed by atoms with E-state index < -0.39 is 11.9 Å². The summed E-state index contributed by atoms with van der Waals surface area (Å²) in [4.78, 5) is 10.8. The van der Waals surface area contributed by atoms with E-state index in [1.54, 1.807) is 18.2 Å². The molecule has 5 nitrogen and oxygen atoms in total. The zero-order valence-corrected chi connectivity index (χ0v) is 12.1. The van der Waals surface area contributed by atoms with Gasteiger partial charge in [-0.1, -0.05) is 6.07 Å². The van der Waals surface area contributed by atoms with Gasteiger partial charge in [0.1, 0.15) is 5.69 Å². The second-order valence-electron chi connectivity index (χ2n) is 5.10. The number of hydrogen-bond donors (Lipinski definition) is 1. The van der Waals surface area contributed by atoms with Crippen molar-refractivity contribution in [1.82, 2.24) is 15.0 Å². The summed E-state index contributed by atoms with van der Waals surface area (Å²) >= 11 is 0. The molecule has 0 atom stereocenters. The van der Waals surface area contributed by atoms with E-state index in [2.05, 4.69) is 15.0 Å². The van der Waals surface area contributed by atoms with Gasteiger partial charge in [0, 0.05) is 5.56 Å². The summed E-state index contributed by atoms with van der Waals surface area (Å²) in [6.45, 7) is 0.140. The Balaban J connectivity index is 1.78. The van der Waals surface area contributed by atoms with Gasteiger partial charge >= 0.3 is 6.18 Å². The number of aromatic nitrogens is 3. The molecule has 0 saturated heterocycles. The number of aromatic amines is 1. The number of benzene rings is 1. The zero-order chi connectivity index (χ0) is 16.7. The summed E-state index contributed by atoms with van der Waals surface area (Å²) in [5.74, 6) is 1.19. The Kier molecular flexibility index (Phi) is 3.19. The third-order valence-electron chi connectivity index (χ3n) is 3.58. The Morgan fingerprint density at radius 3 is 2.71 bits per heavy atom. The van der Waals surface area contributed by atoms with Crippen molar-refractivity contribution in [2.75, 3.05) is 6.79 Å². The summed E-state index contributed by atoms with van der Waals surface area (Å²) in [7, 11) is 0. The highest BCUT2D eigenvalue weighted by Gasteiger charge is 2.32. The Hall–Kier alpha value is -3.03. The summed E-state index contributed by atoms with van der Waals surface area (Å²) < 4.78 is 49.2. The maximum Gasteiger partial charge on any atom is 0.433 e. The second kappa shape index (κ2) is 5.26. The third kappa shape index (κ3) is 2.45. The fourth-order valence-electron chi connectivity index (χ4n) is 2.48. The van der Waals surface area contributed by atoms with Gasteiger partial charge in [0.25, 0.3) is 0 Å². The van der Waals surface area contributed by atoms with Crippen LogP contribution in [0.25, 0.3) is 22.6 Å². The normalized spacial score (nSPS) is 13.3. The maximum atomic E-state index is 12.9. The molecule has 4 rings (SSSR count). The van der Waals surface area contributed by atoms with Crippen LogP contribution >= 0.6 is 0 Å². The van der Waals surface area contributed by atoms with Crippen LogP contribution in [0, 0.1) is 0 Å². The topological polar surface area (TPSA) is 60.0 Å². The number of imidazole rings is 1. The van der Waals surface area contributed by atoms with Crippen molar-refractivity contribution < 1.29 is 22.6 Å². The van der Waals surface area contributed by atoms with Crippen molar-refractivity contribution >= 4 is 0 Å². The summed E-state index contributed by atoms with van der Waals surface area (Å²) in [6, 6.07) is 8.97. The van der Waals surface area contributed by atoms with Gasteiger partial charge in [-0.25, -0.2) is 9.97 Å². The highest BCUT2D eigenvalue weighted by Crippen LogP contribution is 2.38. The fraction of sp³-hybridized carbons (Fsp3) is 0.125. The smallest absolute Gasteiger partial charge is 0.433 e. The molecule has 0 aliphatic carbocycles. The van der Waals surface area contributed by atoms with E-state index in [-0.39, 0.29) is 12.5 Å². The number of pyridine rings is 1. The number of fused-ring (bicyclic) bond motifs is 1. The van der Waals surface area contributed by atoms with Crippen LogP contribution in [-0.2, 0) is 6.18 Å². The molecule has 1 aromatic carbocycles. The number of halogens is 3. The summed E-state index contributed by atoms with van der Waals surface area (Å²) in [5.41, 5.74) is 0.788. The van der Waals surface area contributed by atoms with Crippen LogP contribution < -0.4 is 9.47 Å². The van der Waals surface area contributed by atoms with Crippen molar-refractivity contribution in [2.45, 2.75) is 6.18 Å². The predicted octanol–water partition coefficient (Wildman–Crippen LogP) is 3.89. The van der Waals surface area contributed by atoms with Gasteiger partial charge in [-0.05, 0) is 30.3 Å². The molecule has 0 saturated carbocycles. The quantitative estimate of drug-likeness (QED) is 0.773. The van der Waals surface area contributed by atoms with Crippen LogP contribution in [0.15, 0.2) is 42.7 Å². The number of alkyl halides is 3. The van der Waals surface area contributed by atoms with Crippen molar-refractivity contribution in [2.24, 2.45) is 0 Å². The van der Waals surface area contributed by atoms with Crippen LogP contribution in [-0.4, -0.2) is 21.7 Å². The molecular weight excluding hydrogens is 323 g/mol. The van der Waals surface area contributed by atoms with Gasteiger partial charge in [-0.2, -0.15) is 13.2 Å². The molecule has 8 heteroatoms. The van der Waals surface area contributed by atoms with Gasteiger partial charge < -0.3 is 14.5 Å². The van der Waals surface area contributed by atoms with Crippen LogP contribution in [0.5, 0.6) is 11.5 Å². The lowest BCUT2D eigenvalue weighted by Crippen LogP contribution is -2.08. The van der Waals surface area contributed by atoms with Crippen LogP contribution in [0.1, 0.15) is 5.69 Å². The summed E-state index contributed by atoms with van der Waals surface area (Å²) in [5, 5.41) is 0. The Morgan fingerprint density at radius 2 is 1.88 bits per heavy atom. The van der Waals surface area contributed by atoms with Crippen molar-refractivity contribution in [1.29, 1.82) is 0 Å². The number of H-pyrrole nitrogens is 1. The minimum Gasteiger partial charge on any atom is -0.454 e. The van der Waals surface area contributed by atoms with E-state index in [1.165, 1.54) is 18.5 Å². The predicted molar refractivity (Wildman–Crippen MR) is 78.4 cm³/mol. The van der Waals surface area contributed by atoms with E-state index in [4.69, 9.17) is 9.47 Å². The first kappa shape index (κ1) is 14.6. The van der Waals surface area contributed by atoms with E-state index in [1.807, 2.05) is 0 Å². The van der Waals surface area contributed by atoms with E-state index in [0.717, 1.165) is 6.07 Å². The van der Waals surface area contributed by atoms with Gasteiger partial charge in [0.2, 0.25) is 6.79 Å². The first-order valence-corrected chi connectivity index (χ1v) is 7.00. The first-order chi connectivity index (χ1) is 11.5. The zero-order valence-electron chi connectivity index (χ0n) is 12.1. The molecule has 24 heavy (non-hydrogen) atoms. The highest BCUT2D eigenvalue weighted by molar-refractivity contribution is 5.77. The molecule has 0 fully saturated rings. The molecular formula is C16H10F3N3O2. The average Bonchev–Trinajstić information content (AvgIpc) is 3.22. The number of nitrogens with one attached hydrogen (secondary N) is 1. The molecule has 122 valence electrons. The van der Waals surface area contributed by atoms with Crippen LogP contribution in [0.3, 0.4) is 0 Å². The van der Waals surface area contributed by atoms with Gasteiger partial charge in [-0.3, -0.25) is 0 Å². The van der Waals surface area contributed by atoms with E-state index in [0.29, 0.717) is 28.5 Å². The molecule has 1 N–H and O–H groups in total. The molecule has 1 aliphatic rings. The fourth-order valence-corrected chi connectivity index (χ4v) is 2.48. The van der Waals surface area contributed by atoms with Crippen molar-refractivity contribution in [3.8, 4) is 34.1 Å². The SMILES string of the molecule is FC(F)(F)c1cccc(-c2[nH]cnc2-c2ccc3c(c2)OCO3)n1. The Bertz CT molecular complexity index is 906. The minimum absolute atomic E-state index is 0.140. The molecule has 0 amide bonds. The molecule has 0 unspecified atom stereocenters. The van der Waals surface area contributed by atoms with Crippen molar-refractivity contribution in [3.63, 3.8) is 0 Å². The maximum absolute atomic E-state index is 12.9. The molecule has 3 heterocycles.